The lowest BCUT2D eigenvalue weighted by Gasteiger charge is -2.17. The van der Waals surface area contributed by atoms with Crippen molar-refractivity contribution in [3.63, 3.8) is 0 Å². The molecule has 0 spiro atoms. The molecular weight excluding hydrogens is 286 g/mol. The second-order valence-electron chi connectivity index (χ2n) is 4.61. The number of hydrogen-bond donors (Lipinski definition) is 3. The van der Waals surface area contributed by atoms with Gasteiger partial charge < -0.3 is 16.0 Å². The molecule has 0 saturated carbocycles. The first kappa shape index (κ1) is 14.9. The summed E-state index contributed by atoms with van der Waals surface area (Å²) >= 11 is 5.00. The van der Waals surface area contributed by atoms with E-state index in [0.717, 1.165) is 5.56 Å². The van der Waals surface area contributed by atoms with E-state index in [1.54, 1.807) is 6.92 Å². The lowest BCUT2D eigenvalue weighted by molar-refractivity contribution is 0.0945. The summed E-state index contributed by atoms with van der Waals surface area (Å²) in [6, 6.07) is 9.87. The number of nitrogens with two attached hydrogens (primary N) is 1. The molecule has 4 N–H and O–H groups in total. The Bertz CT molecular complexity index is 725. The first-order valence-corrected chi connectivity index (χ1v) is 6.74. The van der Waals surface area contributed by atoms with Crippen molar-refractivity contribution in [3.05, 3.63) is 69.6 Å². The van der Waals surface area contributed by atoms with E-state index in [2.05, 4.69) is 10.3 Å². The van der Waals surface area contributed by atoms with Crippen LogP contribution in [-0.2, 0) is 0 Å². The van der Waals surface area contributed by atoms with E-state index in [9.17, 15) is 9.59 Å². The highest BCUT2D eigenvalue weighted by atomic mass is 32.1. The van der Waals surface area contributed by atoms with E-state index in [1.807, 2.05) is 30.3 Å². The Balaban J connectivity index is 2.27. The van der Waals surface area contributed by atoms with Gasteiger partial charge in [-0.2, -0.15) is 0 Å². The third kappa shape index (κ3) is 3.55. The van der Waals surface area contributed by atoms with Gasteiger partial charge in [-0.05, 0) is 12.5 Å². The van der Waals surface area contributed by atoms with Crippen LogP contribution in [0.1, 0.15) is 27.7 Å². The van der Waals surface area contributed by atoms with Crippen molar-refractivity contribution in [1.82, 2.24) is 10.3 Å². The van der Waals surface area contributed by atoms with Crippen LogP contribution in [0.4, 0.5) is 0 Å². The Hall–Kier alpha value is -2.47. The third-order valence-corrected chi connectivity index (χ3v) is 3.23. The average Bonchev–Trinajstić information content (AvgIpc) is 2.45. The van der Waals surface area contributed by atoms with Crippen molar-refractivity contribution in [3.8, 4) is 0 Å². The highest BCUT2D eigenvalue weighted by molar-refractivity contribution is 7.80. The molecular formula is C15H15N3O2S. The summed E-state index contributed by atoms with van der Waals surface area (Å²) in [5.74, 6) is -0.516. The molecule has 0 radical (unpaired) electrons. The quantitative estimate of drug-likeness (QED) is 0.746. The molecule has 21 heavy (non-hydrogen) atoms. The molecule has 6 heteroatoms. The molecule has 0 saturated heterocycles. The Morgan fingerprint density at radius 1 is 1.33 bits per heavy atom. The first-order valence-electron chi connectivity index (χ1n) is 6.33. The van der Waals surface area contributed by atoms with Gasteiger partial charge >= 0.3 is 0 Å². The Morgan fingerprint density at radius 2 is 2.00 bits per heavy atom. The molecule has 2 rings (SSSR count). The van der Waals surface area contributed by atoms with E-state index in [-0.39, 0.29) is 16.0 Å². The number of pyridine rings is 1. The van der Waals surface area contributed by atoms with Crippen LogP contribution < -0.4 is 16.5 Å². The number of nitrogens with one attached hydrogen (secondary N) is 2. The highest BCUT2D eigenvalue weighted by Crippen LogP contribution is 2.13. The number of benzene rings is 1. The number of rotatable bonds is 4. The molecule has 0 aliphatic rings. The summed E-state index contributed by atoms with van der Waals surface area (Å²) in [6.45, 7) is 1.74. The van der Waals surface area contributed by atoms with Gasteiger partial charge in [-0.3, -0.25) is 9.59 Å². The number of carbonyl (C=O) groups excluding carboxylic acids is 1. The SMILES string of the molecule is Cc1cc(=O)c(C(=O)NC(C(N)=S)c2ccccc2)c[nH]1. The van der Waals surface area contributed by atoms with E-state index < -0.39 is 11.9 Å². The first-order chi connectivity index (χ1) is 9.99. The molecule has 1 atom stereocenters. The van der Waals surface area contributed by atoms with Gasteiger partial charge in [0.2, 0.25) is 0 Å². The molecule has 5 nitrogen and oxygen atoms in total. The number of hydrogen-bond acceptors (Lipinski definition) is 3. The van der Waals surface area contributed by atoms with E-state index in [1.165, 1.54) is 12.3 Å². The molecule has 0 fully saturated rings. The van der Waals surface area contributed by atoms with Crippen LogP contribution in [0.25, 0.3) is 0 Å². The fourth-order valence-electron chi connectivity index (χ4n) is 1.92. The summed E-state index contributed by atoms with van der Waals surface area (Å²) in [7, 11) is 0. The van der Waals surface area contributed by atoms with Crippen LogP contribution in [0.5, 0.6) is 0 Å². The summed E-state index contributed by atoms with van der Waals surface area (Å²) < 4.78 is 0. The second-order valence-corrected chi connectivity index (χ2v) is 5.08. The zero-order valence-corrected chi connectivity index (χ0v) is 12.2. The van der Waals surface area contributed by atoms with Crippen LogP contribution in [0.2, 0.25) is 0 Å². The van der Waals surface area contributed by atoms with Gasteiger partial charge in [-0.15, -0.1) is 0 Å². The Labute approximate surface area is 127 Å². The van der Waals surface area contributed by atoms with Crippen molar-refractivity contribution >= 4 is 23.1 Å². The number of H-pyrrole nitrogens is 1. The smallest absolute Gasteiger partial charge is 0.257 e. The van der Waals surface area contributed by atoms with Gasteiger partial charge in [0.15, 0.2) is 5.43 Å². The molecule has 1 unspecified atom stereocenters. The lowest BCUT2D eigenvalue weighted by Crippen LogP contribution is -2.38. The maximum absolute atomic E-state index is 12.2. The molecule has 2 aromatic rings. The molecule has 1 amide bonds. The molecule has 108 valence electrons. The van der Waals surface area contributed by atoms with Crippen molar-refractivity contribution in [2.45, 2.75) is 13.0 Å². The van der Waals surface area contributed by atoms with E-state index in [0.29, 0.717) is 5.69 Å². The second kappa shape index (κ2) is 6.32. The normalized spacial score (nSPS) is 11.7. The molecule has 0 aliphatic heterocycles. The number of aromatic amines is 1. The minimum absolute atomic E-state index is 0.0257. The molecule has 0 bridgehead atoms. The average molecular weight is 301 g/mol. The summed E-state index contributed by atoms with van der Waals surface area (Å²) in [6.07, 6.45) is 1.38. The van der Waals surface area contributed by atoms with Crippen LogP contribution in [0, 0.1) is 6.92 Å². The summed E-state index contributed by atoms with van der Waals surface area (Å²) in [5.41, 5.74) is 6.82. The number of aryl methyl sites for hydroxylation is 1. The molecule has 1 heterocycles. The van der Waals surface area contributed by atoms with E-state index >= 15 is 0 Å². The van der Waals surface area contributed by atoms with Crippen molar-refractivity contribution in [1.29, 1.82) is 0 Å². The van der Waals surface area contributed by atoms with Gasteiger partial charge in [-0.1, -0.05) is 42.5 Å². The van der Waals surface area contributed by atoms with Gasteiger partial charge in [0, 0.05) is 18.0 Å². The molecule has 1 aromatic heterocycles. The largest absolute Gasteiger partial charge is 0.391 e. The predicted molar refractivity (Wildman–Crippen MR) is 85.2 cm³/mol. The topological polar surface area (TPSA) is 88.0 Å². The third-order valence-electron chi connectivity index (χ3n) is 2.99. The minimum Gasteiger partial charge on any atom is -0.391 e. The highest BCUT2D eigenvalue weighted by Gasteiger charge is 2.19. The monoisotopic (exact) mass is 301 g/mol. The summed E-state index contributed by atoms with van der Waals surface area (Å²) in [4.78, 5) is 27.0. The van der Waals surface area contributed by atoms with Gasteiger partial charge in [0.1, 0.15) is 16.6 Å². The maximum atomic E-state index is 12.2. The standard InChI is InChI=1S/C15H15N3O2S/c1-9-7-12(19)11(8-17-9)15(20)18-13(14(16)21)10-5-3-2-4-6-10/h2-8,13H,1H3,(H2,16,21)(H,17,19)(H,18,20). The van der Waals surface area contributed by atoms with Crippen LogP contribution in [0.15, 0.2) is 47.4 Å². The molecule has 0 aliphatic carbocycles. The Kier molecular flexibility index (Phi) is 4.49. The minimum atomic E-state index is -0.616. The van der Waals surface area contributed by atoms with Gasteiger partial charge in [0.25, 0.3) is 5.91 Å². The van der Waals surface area contributed by atoms with Crippen LogP contribution in [-0.4, -0.2) is 15.9 Å². The fourth-order valence-corrected chi connectivity index (χ4v) is 2.12. The lowest BCUT2D eigenvalue weighted by atomic mass is 10.1. The van der Waals surface area contributed by atoms with E-state index in [4.69, 9.17) is 18.0 Å². The van der Waals surface area contributed by atoms with Gasteiger partial charge in [-0.25, -0.2) is 0 Å². The zero-order chi connectivity index (χ0) is 15.4. The summed E-state index contributed by atoms with van der Waals surface area (Å²) in [5, 5.41) is 2.68. The van der Waals surface area contributed by atoms with Crippen molar-refractivity contribution in [2.75, 3.05) is 0 Å². The number of amides is 1. The zero-order valence-electron chi connectivity index (χ0n) is 11.4. The van der Waals surface area contributed by atoms with Crippen LogP contribution >= 0.6 is 12.2 Å². The number of carbonyl (C=O) groups is 1. The predicted octanol–water partition coefficient (Wildman–Crippen LogP) is 1.44. The maximum Gasteiger partial charge on any atom is 0.257 e. The van der Waals surface area contributed by atoms with Crippen LogP contribution in [0.3, 0.4) is 0 Å². The Morgan fingerprint density at radius 3 is 2.57 bits per heavy atom. The molecule has 1 aromatic carbocycles. The van der Waals surface area contributed by atoms with Gasteiger partial charge in [0.05, 0.1) is 0 Å². The number of aromatic nitrogens is 1. The fraction of sp³-hybridized carbons (Fsp3) is 0.133. The van der Waals surface area contributed by atoms with Crippen molar-refractivity contribution in [2.24, 2.45) is 5.73 Å². The van der Waals surface area contributed by atoms with Crippen molar-refractivity contribution < 1.29 is 4.79 Å². The number of thiocarbonyl (C=S) groups is 1.